The molecule has 4 amide bonds. The number of carboxylic acids is 1. The van der Waals surface area contributed by atoms with Gasteiger partial charge in [0.05, 0.1) is 28.1 Å². The minimum absolute atomic E-state index is 0.0559. The average molecular weight is 809 g/mol. The van der Waals surface area contributed by atoms with Gasteiger partial charge in [0.15, 0.2) is 0 Å². The van der Waals surface area contributed by atoms with E-state index in [0.29, 0.717) is 44.4 Å². The number of carbonyl (C=O) groups excluding carboxylic acids is 4. The summed E-state index contributed by atoms with van der Waals surface area (Å²) in [5, 5.41) is 16.0. The third-order valence-electron chi connectivity index (χ3n) is 13.6. The van der Waals surface area contributed by atoms with E-state index in [1.165, 1.54) is 29.2 Å². The van der Waals surface area contributed by atoms with E-state index in [1.807, 2.05) is 48.5 Å². The lowest BCUT2D eigenvalue weighted by atomic mass is 9.80. The maximum atomic E-state index is 15.3. The molecular weight excluding hydrogens is 765 g/mol. The van der Waals surface area contributed by atoms with Crippen molar-refractivity contribution in [3.05, 3.63) is 118 Å². The quantitative estimate of drug-likeness (QED) is 0.0961. The van der Waals surface area contributed by atoms with Gasteiger partial charge in [-0.2, -0.15) is 0 Å². The van der Waals surface area contributed by atoms with Crippen molar-refractivity contribution in [2.24, 2.45) is 0 Å². The van der Waals surface area contributed by atoms with Gasteiger partial charge in [0, 0.05) is 81.0 Å². The molecule has 2 fully saturated rings. The first-order valence-corrected chi connectivity index (χ1v) is 21.5. The van der Waals surface area contributed by atoms with Gasteiger partial charge in [-0.15, -0.1) is 0 Å². The van der Waals surface area contributed by atoms with Gasteiger partial charge in [-0.1, -0.05) is 58.0 Å². The van der Waals surface area contributed by atoms with E-state index in [-0.39, 0.29) is 29.2 Å². The van der Waals surface area contributed by atoms with Gasteiger partial charge < -0.3 is 14.9 Å². The van der Waals surface area contributed by atoms with Crippen LogP contribution in [0.4, 0.5) is 22.7 Å². The first-order valence-electron chi connectivity index (χ1n) is 21.5. The SMILES string of the molecule is CC(C)c1cccc(C(C)C)c1N1C(=O)c2ccc3c4c(N5CCCC5)cc5c6c(ccc(c7c(N8CCCC8)cc(c2c37)C1=O)c64)C(=O)N(c1ccc(C(=O)O)cc1)C5=O. The van der Waals surface area contributed by atoms with Gasteiger partial charge in [0.2, 0.25) is 0 Å². The lowest BCUT2D eigenvalue weighted by Crippen LogP contribution is -2.42. The number of fused-ring (bicyclic) bond motifs is 2. The molecule has 0 saturated carbocycles. The van der Waals surface area contributed by atoms with Crippen LogP contribution in [0.15, 0.2) is 78.9 Å². The smallest absolute Gasteiger partial charge is 0.335 e. The summed E-state index contributed by atoms with van der Waals surface area (Å²) in [6.07, 6.45) is 3.96. The van der Waals surface area contributed by atoms with Crippen molar-refractivity contribution >= 4 is 95.4 Å². The minimum atomic E-state index is -1.10. The first kappa shape index (κ1) is 37.2. The second kappa shape index (κ2) is 13.3. The molecule has 4 heterocycles. The largest absolute Gasteiger partial charge is 0.478 e. The Hall–Kier alpha value is -6.81. The van der Waals surface area contributed by atoms with Crippen molar-refractivity contribution in [2.75, 3.05) is 45.8 Å². The van der Waals surface area contributed by atoms with Gasteiger partial charge in [-0.25, -0.2) is 14.6 Å². The molecule has 0 bridgehead atoms. The molecule has 7 aromatic rings. The number of amides is 4. The van der Waals surface area contributed by atoms with E-state index in [1.54, 1.807) is 6.07 Å². The van der Waals surface area contributed by atoms with E-state index in [0.717, 1.165) is 112 Å². The summed E-state index contributed by atoms with van der Waals surface area (Å²) in [4.78, 5) is 78.8. The molecule has 2 saturated heterocycles. The van der Waals surface area contributed by atoms with Crippen LogP contribution in [0.2, 0.25) is 0 Å². The number of rotatable bonds is 7. The average Bonchev–Trinajstić information content (AvgIpc) is 4.00. The molecule has 0 radical (unpaired) electrons. The van der Waals surface area contributed by atoms with Gasteiger partial charge in [-0.05, 0) is 108 Å². The van der Waals surface area contributed by atoms with Crippen molar-refractivity contribution in [1.29, 1.82) is 0 Å². The summed E-state index contributed by atoms with van der Waals surface area (Å²) >= 11 is 0. The molecule has 304 valence electrons. The second-order valence-electron chi connectivity index (χ2n) is 17.7. The number of imide groups is 2. The fraction of sp³-hybridized carbons (Fsp3) is 0.275. The monoisotopic (exact) mass is 808 g/mol. The summed E-state index contributed by atoms with van der Waals surface area (Å²) in [5.74, 6) is -2.60. The molecular formula is C51H44N4O6. The third-order valence-corrected chi connectivity index (χ3v) is 13.6. The molecule has 4 aliphatic rings. The molecule has 7 aromatic carbocycles. The maximum absolute atomic E-state index is 15.3. The normalized spacial score (nSPS) is 16.8. The highest BCUT2D eigenvalue weighted by atomic mass is 16.4. The zero-order valence-electron chi connectivity index (χ0n) is 34.6. The number of carbonyl (C=O) groups is 5. The van der Waals surface area contributed by atoms with Crippen LogP contribution in [-0.4, -0.2) is 60.9 Å². The van der Waals surface area contributed by atoms with Crippen LogP contribution in [0.25, 0.3) is 43.1 Å². The van der Waals surface area contributed by atoms with Gasteiger partial charge in [0.25, 0.3) is 23.6 Å². The number of anilines is 4. The maximum Gasteiger partial charge on any atom is 0.335 e. The Bertz CT molecular complexity index is 3090. The summed E-state index contributed by atoms with van der Waals surface area (Å²) in [6, 6.07) is 23.5. The van der Waals surface area contributed by atoms with Crippen LogP contribution in [0, 0.1) is 0 Å². The number of aromatic carboxylic acids is 1. The van der Waals surface area contributed by atoms with Crippen LogP contribution in [-0.2, 0) is 0 Å². The topological polar surface area (TPSA) is 119 Å². The van der Waals surface area contributed by atoms with E-state index in [4.69, 9.17) is 0 Å². The van der Waals surface area contributed by atoms with Crippen molar-refractivity contribution in [2.45, 2.75) is 65.2 Å². The van der Waals surface area contributed by atoms with Crippen molar-refractivity contribution in [3.63, 3.8) is 0 Å². The molecule has 1 N–H and O–H groups in total. The third kappa shape index (κ3) is 5.11. The van der Waals surface area contributed by atoms with Crippen LogP contribution >= 0.6 is 0 Å². The molecule has 10 nitrogen and oxygen atoms in total. The molecule has 61 heavy (non-hydrogen) atoms. The number of carboxylic acid groups (broad SMARTS) is 1. The molecule has 4 aliphatic heterocycles. The zero-order chi connectivity index (χ0) is 42.2. The standard InChI is InChI=1S/C51H44N4O6/c1-26(2)30-10-9-11-31(27(3)4)46(30)55-48(57)35-19-17-33-42-38(52-20-5-6-21-52)24-36-40-34(47(56)54(49(36)58)29-14-12-28(13-15-29)51(60)61)18-16-32(44(40)42)43-39(53-22-7-8-23-53)25-37(50(55)59)41(35)45(33)43/h9-19,24-27H,5-8,20-23H2,1-4H3,(H,60,61). The fourth-order valence-electron chi connectivity index (χ4n) is 10.8. The molecule has 11 rings (SSSR count). The summed E-state index contributed by atoms with van der Waals surface area (Å²) in [6.45, 7) is 11.5. The summed E-state index contributed by atoms with van der Waals surface area (Å²) < 4.78 is 0. The van der Waals surface area contributed by atoms with E-state index >= 15 is 9.59 Å². The highest BCUT2D eigenvalue weighted by Gasteiger charge is 2.41. The van der Waals surface area contributed by atoms with E-state index in [2.05, 4.69) is 37.5 Å². The molecule has 10 heteroatoms. The van der Waals surface area contributed by atoms with E-state index < -0.39 is 17.8 Å². The van der Waals surface area contributed by atoms with E-state index in [9.17, 15) is 19.5 Å². The molecule has 0 spiro atoms. The number of hydrogen-bond donors (Lipinski definition) is 1. The Morgan fingerprint density at radius 2 is 0.934 bits per heavy atom. The van der Waals surface area contributed by atoms with Crippen molar-refractivity contribution in [1.82, 2.24) is 0 Å². The predicted octanol–water partition coefficient (Wildman–Crippen LogP) is 10.5. The number of hydrogen-bond acceptors (Lipinski definition) is 7. The van der Waals surface area contributed by atoms with Crippen molar-refractivity contribution in [3.8, 4) is 0 Å². The molecule has 0 atom stereocenters. The Morgan fingerprint density at radius 3 is 1.38 bits per heavy atom. The molecule has 0 aromatic heterocycles. The molecule has 0 aliphatic carbocycles. The highest BCUT2D eigenvalue weighted by molar-refractivity contribution is 6.47. The second-order valence-corrected chi connectivity index (χ2v) is 17.7. The van der Waals surface area contributed by atoms with Gasteiger partial charge in [0.1, 0.15) is 0 Å². The summed E-state index contributed by atoms with van der Waals surface area (Å²) in [5.41, 5.74) is 6.46. The number of nitrogens with zero attached hydrogens (tertiary/aromatic N) is 4. The van der Waals surface area contributed by atoms with Gasteiger partial charge >= 0.3 is 5.97 Å². The number of para-hydroxylation sites is 1. The van der Waals surface area contributed by atoms with Crippen molar-refractivity contribution < 1.29 is 29.1 Å². The zero-order valence-corrected chi connectivity index (χ0v) is 34.6. The lowest BCUT2D eigenvalue weighted by molar-refractivity contribution is 0.0695. The summed E-state index contributed by atoms with van der Waals surface area (Å²) in [7, 11) is 0. The Morgan fingerprint density at radius 1 is 0.508 bits per heavy atom. The fourth-order valence-corrected chi connectivity index (χ4v) is 10.8. The van der Waals surface area contributed by atoms with Crippen LogP contribution < -0.4 is 19.6 Å². The van der Waals surface area contributed by atoms with Crippen LogP contribution in [0.5, 0.6) is 0 Å². The van der Waals surface area contributed by atoms with Crippen LogP contribution in [0.3, 0.4) is 0 Å². The highest BCUT2D eigenvalue weighted by Crippen LogP contribution is 2.53. The van der Waals surface area contributed by atoms with Crippen LogP contribution in [0.1, 0.15) is 128 Å². The lowest BCUT2D eigenvalue weighted by Gasteiger charge is -2.35. The Labute approximate surface area is 352 Å². The molecule has 0 unspecified atom stereocenters. The first-order chi connectivity index (χ1) is 29.5. The minimum Gasteiger partial charge on any atom is -0.478 e. The van der Waals surface area contributed by atoms with Gasteiger partial charge in [-0.3, -0.25) is 19.2 Å². The number of benzene rings is 7. The Balaban J connectivity index is 1.24. The predicted molar refractivity (Wildman–Crippen MR) is 241 cm³/mol. The Kier molecular flexibility index (Phi) is 8.14.